The van der Waals surface area contributed by atoms with Crippen molar-refractivity contribution >= 4 is 24.1 Å². The summed E-state index contributed by atoms with van der Waals surface area (Å²) in [5.41, 5.74) is 8.41. The van der Waals surface area contributed by atoms with E-state index in [2.05, 4.69) is 95.9 Å². The first kappa shape index (κ1) is 27.3. The molecule has 4 bridgehead atoms. The van der Waals surface area contributed by atoms with E-state index in [0.29, 0.717) is 23.2 Å². The molecule has 0 amide bonds. The first-order chi connectivity index (χ1) is 20.1. The maximum absolute atomic E-state index is 3.80. The Kier molecular flexibility index (Phi) is 7.11. The first-order valence-corrected chi connectivity index (χ1v) is 18.0. The lowest BCUT2D eigenvalue weighted by Crippen LogP contribution is -2.55. The minimum absolute atomic E-state index is 0.0979. The monoisotopic (exact) mass is 582 g/mol. The van der Waals surface area contributed by atoms with E-state index >= 15 is 0 Å². The molecule has 2 heterocycles. The Bertz CT molecular complexity index is 1290. The molecule has 4 saturated carbocycles. The zero-order chi connectivity index (χ0) is 27.6. The molecule has 2 saturated heterocycles. The molecule has 0 spiro atoms. The zero-order valence-corrected chi connectivity index (χ0v) is 26.8. The Hall–Kier alpha value is -1.30. The molecule has 4 heteroatoms. The molecule has 2 aliphatic heterocycles. The fourth-order valence-corrected chi connectivity index (χ4v) is 12.9. The van der Waals surface area contributed by atoms with Gasteiger partial charge in [0.05, 0.1) is 0 Å². The smallest absolute Gasteiger partial charge is 0.0316 e. The number of nitrogens with one attached hydrogen (secondary N) is 2. The molecule has 5 aliphatic carbocycles. The van der Waals surface area contributed by atoms with Crippen LogP contribution in [0.4, 0.5) is 0 Å². The summed E-state index contributed by atoms with van der Waals surface area (Å²) in [6.45, 7) is 4.61. The molecule has 2 nitrogen and oxygen atoms in total. The van der Waals surface area contributed by atoms with E-state index in [1.807, 2.05) is 5.57 Å². The average Bonchev–Trinajstić information content (AvgIpc) is 3.79. The minimum Gasteiger partial charge on any atom is -0.316 e. The predicted molar refractivity (Wildman–Crippen MR) is 179 cm³/mol. The van der Waals surface area contributed by atoms with Gasteiger partial charge in [0.2, 0.25) is 0 Å². The Labute approximate surface area is 252 Å². The largest absolute Gasteiger partial charge is 0.316 e. The van der Waals surface area contributed by atoms with Gasteiger partial charge in [-0.05, 0) is 146 Å². The normalized spacial score (nSPS) is 39.4. The highest BCUT2D eigenvalue weighted by molar-refractivity contribution is 7.19. The average molecular weight is 583 g/mol. The summed E-state index contributed by atoms with van der Waals surface area (Å²) in [5, 5.41) is 7.70. The van der Waals surface area contributed by atoms with Crippen LogP contribution in [-0.4, -0.2) is 37.5 Å². The molecule has 0 aromatic heterocycles. The Morgan fingerprint density at radius 2 is 1.41 bits per heavy atom. The highest BCUT2D eigenvalue weighted by Gasteiger charge is 2.61. The lowest BCUT2D eigenvalue weighted by atomic mass is 9.42. The maximum atomic E-state index is 3.80. The molecule has 2 aromatic carbocycles. The third-order valence-electron chi connectivity index (χ3n) is 12.7. The second-order valence-electron chi connectivity index (χ2n) is 14.6. The molecule has 8 atom stereocenters. The number of hydrogen-bond donors (Lipinski definition) is 2. The fourth-order valence-electron chi connectivity index (χ4n) is 11.3. The van der Waals surface area contributed by atoms with Gasteiger partial charge in [0, 0.05) is 11.1 Å². The number of allylic oxidation sites excluding steroid dienone is 4. The third-order valence-corrected chi connectivity index (χ3v) is 14.4. The molecule has 2 aromatic rings. The van der Waals surface area contributed by atoms with Crippen molar-refractivity contribution in [1.29, 1.82) is 0 Å². The Morgan fingerprint density at radius 3 is 1.98 bits per heavy atom. The van der Waals surface area contributed by atoms with E-state index in [1.54, 1.807) is 11.1 Å². The molecule has 216 valence electrons. The molecule has 2 N–H and O–H groups in total. The van der Waals surface area contributed by atoms with Crippen LogP contribution in [0.1, 0.15) is 62.0 Å². The predicted octanol–water partition coefficient (Wildman–Crippen LogP) is 7.31. The van der Waals surface area contributed by atoms with E-state index in [1.165, 1.54) is 62.2 Å². The summed E-state index contributed by atoms with van der Waals surface area (Å²) < 4.78 is 0. The molecule has 41 heavy (non-hydrogen) atoms. The van der Waals surface area contributed by atoms with E-state index in [0.717, 1.165) is 49.9 Å². The lowest BCUT2D eigenvalue weighted by molar-refractivity contribution is -0.0800. The summed E-state index contributed by atoms with van der Waals surface area (Å²) in [6, 6.07) is 23.1. The van der Waals surface area contributed by atoms with Gasteiger partial charge in [-0.2, -0.15) is 0 Å². The second kappa shape index (κ2) is 10.7. The van der Waals surface area contributed by atoms with Gasteiger partial charge in [-0.15, -0.1) is 18.5 Å². The number of hydrogen-bond acceptors (Lipinski definition) is 2. The van der Waals surface area contributed by atoms with Gasteiger partial charge in [0.25, 0.3) is 0 Å². The van der Waals surface area contributed by atoms with Gasteiger partial charge in [-0.1, -0.05) is 66.7 Å². The van der Waals surface area contributed by atoms with Crippen LogP contribution in [0.25, 0.3) is 5.57 Å². The van der Waals surface area contributed by atoms with Crippen molar-refractivity contribution in [3.8, 4) is 0 Å². The molecule has 6 fully saturated rings. The molecular formula is C37H48N2P2. The lowest BCUT2D eigenvalue weighted by Gasteiger charge is -2.63. The highest BCUT2D eigenvalue weighted by Crippen LogP contribution is 2.71. The third kappa shape index (κ3) is 4.25. The van der Waals surface area contributed by atoms with Crippen LogP contribution < -0.4 is 10.6 Å². The number of rotatable bonds is 7. The van der Waals surface area contributed by atoms with E-state index in [4.69, 9.17) is 0 Å². The standard InChI is InChI=1S/C37H48N2P2/c40-23-33-28-16-24-15-25(17-28)20-36(33,19-24)35-32(37(41,29-11-13-38-21-29)30-12-14-39-22-30)18-31(26-7-3-1-4-8-26)34(35)27-9-5-2-6-10-27/h1-10,18,24-25,28-30,33-34,38-39H,11-17,19-23,40-41H2. The van der Waals surface area contributed by atoms with E-state index in [-0.39, 0.29) is 5.16 Å². The van der Waals surface area contributed by atoms with E-state index in [9.17, 15) is 0 Å². The molecular weight excluding hydrogens is 534 g/mol. The van der Waals surface area contributed by atoms with Crippen LogP contribution in [-0.2, 0) is 0 Å². The molecule has 7 aliphatic rings. The van der Waals surface area contributed by atoms with Crippen LogP contribution in [0.3, 0.4) is 0 Å². The SMILES string of the molecule is PCC1C2CC3CC(C2)CC1(C1=C(C(P)(C2CCNC2)C2CCNC2)C=C(c2ccccc2)C1c1ccccc1)C3. The summed E-state index contributed by atoms with van der Waals surface area (Å²) in [4.78, 5) is 0. The molecule has 8 unspecified atom stereocenters. The van der Waals surface area contributed by atoms with Crippen LogP contribution in [0, 0.1) is 40.9 Å². The van der Waals surface area contributed by atoms with Gasteiger partial charge in [-0.25, -0.2) is 0 Å². The second-order valence-corrected chi connectivity index (χ2v) is 16.0. The topological polar surface area (TPSA) is 24.1 Å². The summed E-state index contributed by atoms with van der Waals surface area (Å²) in [7, 11) is 6.87. The van der Waals surface area contributed by atoms with Crippen LogP contribution >= 0.6 is 18.5 Å². The Balaban J connectivity index is 1.41. The van der Waals surface area contributed by atoms with Crippen molar-refractivity contribution in [2.24, 2.45) is 40.9 Å². The summed E-state index contributed by atoms with van der Waals surface area (Å²) in [5.74, 6) is 5.22. The maximum Gasteiger partial charge on any atom is 0.0316 e. The minimum atomic E-state index is 0.0979. The van der Waals surface area contributed by atoms with Crippen molar-refractivity contribution in [3.63, 3.8) is 0 Å². The van der Waals surface area contributed by atoms with E-state index < -0.39 is 0 Å². The fraction of sp³-hybridized carbons (Fsp3) is 0.568. The van der Waals surface area contributed by atoms with Crippen LogP contribution in [0.5, 0.6) is 0 Å². The zero-order valence-electron chi connectivity index (χ0n) is 24.5. The van der Waals surface area contributed by atoms with Crippen molar-refractivity contribution in [3.05, 3.63) is 89.0 Å². The quantitative estimate of drug-likeness (QED) is 0.335. The summed E-state index contributed by atoms with van der Waals surface area (Å²) >= 11 is 0. The van der Waals surface area contributed by atoms with Gasteiger partial charge >= 0.3 is 0 Å². The molecule has 9 rings (SSSR count). The summed E-state index contributed by atoms with van der Waals surface area (Å²) in [6.07, 6.45) is 13.9. The van der Waals surface area contributed by atoms with Crippen molar-refractivity contribution in [2.45, 2.75) is 56.0 Å². The first-order valence-electron chi connectivity index (χ1n) is 16.6. The highest BCUT2D eigenvalue weighted by atomic mass is 31.0. The van der Waals surface area contributed by atoms with Crippen LogP contribution in [0.2, 0.25) is 0 Å². The van der Waals surface area contributed by atoms with Crippen molar-refractivity contribution < 1.29 is 0 Å². The molecule has 0 radical (unpaired) electrons. The van der Waals surface area contributed by atoms with Crippen molar-refractivity contribution in [1.82, 2.24) is 10.6 Å². The van der Waals surface area contributed by atoms with Gasteiger partial charge in [-0.3, -0.25) is 0 Å². The van der Waals surface area contributed by atoms with Gasteiger partial charge in [0.1, 0.15) is 0 Å². The Morgan fingerprint density at radius 1 is 0.805 bits per heavy atom. The van der Waals surface area contributed by atoms with Crippen LogP contribution in [0.15, 0.2) is 77.9 Å². The van der Waals surface area contributed by atoms with Gasteiger partial charge < -0.3 is 10.6 Å². The van der Waals surface area contributed by atoms with Crippen molar-refractivity contribution in [2.75, 3.05) is 32.3 Å². The van der Waals surface area contributed by atoms with Gasteiger partial charge in [0.15, 0.2) is 0 Å². The number of benzene rings is 2.